The molecule has 0 radical (unpaired) electrons. The molecule has 26 heavy (non-hydrogen) atoms. The standard InChI is InChI=1S/C20H20N2O2S2/c1-12-4-6-15(7-5-12)21-20(25)26-17-11-18(23)22(19(17)24)16-9-13(2)8-14(3)10-16/h4-10,17H,11H2,1-3H3,(H,21,25). The van der Waals surface area contributed by atoms with Gasteiger partial charge in [-0.3, -0.25) is 9.59 Å². The molecule has 0 bridgehead atoms. The summed E-state index contributed by atoms with van der Waals surface area (Å²) in [5, 5.41) is 2.62. The highest BCUT2D eigenvalue weighted by Crippen LogP contribution is 2.31. The van der Waals surface area contributed by atoms with Crippen molar-refractivity contribution >= 4 is 51.5 Å². The summed E-state index contributed by atoms with van der Waals surface area (Å²) in [7, 11) is 0. The third-order valence-electron chi connectivity index (χ3n) is 4.12. The van der Waals surface area contributed by atoms with Crippen LogP contribution in [-0.2, 0) is 9.59 Å². The molecule has 134 valence electrons. The van der Waals surface area contributed by atoms with Crippen molar-refractivity contribution in [1.82, 2.24) is 0 Å². The number of thioether (sulfide) groups is 1. The number of nitrogens with one attached hydrogen (secondary N) is 1. The largest absolute Gasteiger partial charge is 0.341 e. The zero-order valence-electron chi connectivity index (χ0n) is 14.9. The first-order chi connectivity index (χ1) is 12.3. The number of thiocarbonyl (C=S) groups is 1. The summed E-state index contributed by atoms with van der Waals surface area (Å²) in [6, 6.07) is 13.6. The Morgan fingerprint density at radius 2 is 1.65 bits per heavy atom. The van der Waals surface area contributed by atoms with E-state index >= 15 is 0 Å². The van der Waals surface area contributed by atoms with E-state index in [1.54, 1.807) is 0 Å². The van der Waals surface area contributed by atoms with Gasteiger partial charge in [0.1, 0.15) is 9.57 Å². The summed E-state index contributed by atoms with van der Waals surface area (Å²) in [4.78, 5) is 26.5. The van der Waals surface area contributed by atoms with Gasteiger partial charge >= 0.3 is 0 Å². The van der Waals surface area contributed by atoms with E-state index in [1.807, 2.05) is 63.2 Å². The predicted octanol–water partition coefficient (Wildman–Crippen LogP) is 4.37. The summed E-state index contributed by atoms with van der Waals surface area (Å²) in [6.07, 6.45) is 0.159. The van der Waals surface area contributed by atoms with E-state index in [4.69, 9.17) is 12.2 Å². The van der Waals surface area contributed by atoms with Gasteiger partial charge in [0, 0.05) is 12.1 Å². The number of aryl methyl sites for hydroxylation is 3. The smallest absolute Gasteiger partial charge is 0.247 e. The van der Waals surface area contributed by atoms with Crippen molar-refractivity contribution < 1.29 is 9.59 Å². The van der Waals surface area contributed by atoms with Crippen LogP contribution in [0.4, 0.5) is 11.4 Å². The fraction of sp³-hybridized carbons (Fsp3) is 0.250. The lowest BCUT2D eigenvalue weighted by Crippen LogP contribution is -2.31. The van der Waals surface area contributed by atoms with E-state index in [1.165, 1.54) is 16.7 Å². The molecule has 0 aliphatic carbocycles. The minimum Gasteiger partial charge on any atom is -0.341 e. The molecule has 2 amide bonds. The monoisotopic (exact) mass is 384 g/mol. The zero-order chi connectivity index (χ0) is 18.8. The van der Waals surface area contributed by atoms with Crippen molar-refractivity contribution in [1.29, 1.82) is 0 Å². The van der Waals surface area contributed by atoms with Gasteiger partial charge in [0.05, 0.1) is 5.69 Å². The summed E-state index contributed by atoms with van der Waals surface area (Å²) < 4.78 is 0.488. The van der Waals surface area contributed by atoms with Crippen molar-refractivity contribution in [2.75, 3.05) is 10.2 Å². The van der Waals surface area contributed by atoms with Gasteiger partial charge < -0.3 is 5.32 Å². The zero-order valence-corrected chi connectivity index (χ0v) is 16.5. The number of hydrogen-bond donors (Lipinski definition) is 1. The molecular weight excluding hydrogens is 364 g/mol. The predicted molar refractivity (Wildman–Crippen MR) is 112 cm³/mol. The highest BCUT2D eigenvalue weighted by molar-refractivity contribution is 8.24. The number of benzene rings is 2. The van der Waals surface area contributed by atoms with Crippen molar-refractivity contribution in [3.05, 3.63) is 59.2 Å². The topological polar surface area (TPSA) is 49.4 Å². The Morgan fingerprint density at radius 1 is 1.04 bits per heavy atom. The number of hydrogen-bond acceptors (Lipinski definition) is 4. The van der Waals surface area contributed by atoms with Crippen molar-refractivity contribution in [2.24, 2.45) is 0 Å². The average Bonchev–Trinajstić information content (AvgIpc) is 2.82. The molecule has 0 saturated carbocycles. The Bertz CT molecular complexity index is 858. The normalized spacial score (nSPS) is 16.9. The number of rotatable bonds is 3. The minimum atomic E-state index is -0.492. The second-order valence-electron chi connectivity index (χ2n) is 6.50. The van der Waals surface area contributed by atoms with Crippen LogP contribution in [-0.4, -0.2) is 21.4 Å². The second kappa shape index (κ2) is 7.60. The highest BCUT2D eigenvalue weighted by Gasteiger charge is 2.40. The fourth-order valence-corrected chi connectivity index (χ4v) is 4.29. The number of nitrogens with zero attached hydrogens (tertiary/aromatic N) is 1. The Kier molecular flexibility index (Phi) is 5.44. The van der Waals surface area contributed by atoms with Crippen molar-refractivity contribution in [2.45, 2.75) is 32.4 Å². The summed E-state index contributed by atoms with van der Waals surface area (Å²) in [6.45, 7) is 5.92. The van der Waals surface area contributed by atoms with Crippen LogP contribution >= 0.6 is 24.0 Å². The number of carbonyl (C=O) groups is 2. The molecule has 1 heterocycles. The van der Waals surface area contributed by atoms with Gasteiger partial charge in [-0.15, -0.1) is 0 Å². The molecule has 1 fully saturated rings. The first-order valence-electron chi connectivity index (χ1n) is 8.33. The van der Waals surface area contributed by atoms with Crippen molar-refractivity contribution in [3.63, 3.8) is 0 Å². The van der Waals surface area contributed by atoms with Crippen LogP contribution in [0.15, 0.2) is 42.5 Å². The SMILES string of the molecule is Cc1ccc(NC(=S)SC2CC(=O)N(c3cc(C)cc(C)c3)C2=O)cc1. The molecule has 3 rings (SSSR count). The lowest BCUT2D eigenvalue weighted by atomic mass is 10.1. The second-order valence-corrected chi connectivity index (χ2v) is 8.38. The van der Waals surface area contributed by atoms with Gasteiger partial charge in [-0.05, 0) is 56.2 Å². The van der Waals surface area contributed by atoms with Crippen LogP contribution in [0.5, 0.6) is 0 Å². The average molecular weight is 385 g/mol. The summed E-state index contributed by atoms with van der Waals surface area (Å²) in [5.74, 6) is -0.395. The third kappa shape index (κ3) is 4.14. The minimum absolute atomic E-state index is 0.159. The van der Waals surface area contributed by atoms with E-state index in [2.05, 4.69) is 5.32 Å². The van der Waals surface area contributed by atoms with Crippen LogP contribution in [0.2, 0.25) is 0 Å². The molecule has 1 N–H and O–H groups in total. The maximum atomic E-state index is 12.8. The van der Waals surface area contributed by atoms with Crippen LogP contribution in [0.25, 0.3) is 0 Å². The first-order valence-corrected chi connectivity index (χ1v) is 9.61. The number of imide groups is 1. The Morgan fingerprint density at radius 3 is 2.27 bits per heavy atom. The first kappa shape index (κ1) is 18.6. The van der Waals surface area contributed by atoms with Crippen LogP contribution < -0.4 is 10.2 Å². The Balaban J connectivity index is 1.70. The molecule has 0 spiro atoms. The molecule has 1 unspecified atom stereocenters. The lowest BCUT2D eigenvalue weighted by molar-refractivity contribution is -0.121. The van der Waals surface area contributed by atoms with E-state index in [-0.39, 0.29) is 18.2 Å². The Labute approximate surface area is 163 Å². The van der Waals surface area contributed by atoms with Gasteiger partial charge in [-0.1, -0.05) is 47.7 Å². The van der Waals surface area contributed by atoms with Crippen LogP contribution in [0, 0.1) is 20.8 Å². The van der Waals surface area contributed by atoms with Crippen LogP contribution in [0.1, 0.15) is 23.1 Å². The molecule has 1 aliphatic rings. The fourth-order valence-electron chi connectivity index (χ4n) is 2.96. The van der Waals surface area contributed by atoms with E-state index < -0.39 is 5.25 Å². The molecular formula is C20H20N2O2S2. The highest BCUT2D eigenvalue weighted by atomic mass is 32.2. The molecule has 1 atom stereocenters. The van der Waals surface area contributed by atoms with Gasteiger partial charge in [0.15, 0.2) is 0 Å². The van der Waals surface area contributed by atoms with Gasteiger partial charge in [-0.25, -0.2) is 4.90 Å². The summed E-state index contributed by atoms with van der Waals surface area (Å²) >= 11 is 6.60. The number of anilines is 2. The van der Waals surface area contributed by atoms with E-state index in [9.17, 15) is 9.59 Å². The number of carbonyl (C=O) groups excluding carboxylic acids is 2. The van der Waals surface area contributed by atoms with Crippen LogP contribution in [0.3, 0.4) is 0 Å². The lowest BCUT2D eigenvalue weighted by Gasteiger charge is -2.16. The number of amides is 2. The van der Waals surface area contributed by atoms with Gasteiger partial charge in [-0.2, -0.15) is 0 Å². The molecule has 6 heteroatoms. The quantitative estimate of drug-likeness (QED) is 0.629. The third-order valence-corrected chi connectivity index (χ3v) is 5.48. The molecule has 1 aliphatic heterocycles. The maximum absolute atomic E-state index is 12.8. The van der Waals surface area contributed by atoms with E-state index in [0.29, 0.717) is 10.0 Å². The maximum Gasteiger partial charge on any atom is 0.247 e. The van der Waals surface area contributed by atoms with Gasteiger partial charge in [0.25, 0.3) is 0 Å². The molecule has 0 aromatic heterocycles. The Hall–Kier alpha value is -2.18. The van der Waals surface area contributed by atoms with Gasteiger partial charge in [0.2, 0.25) is 11.8 Å². The van der Waals surface area contributed by atoms with E-state index in [0.717, 1.165) is 22.4 Å². The van der Waals surface area contributed by atoms with Crippen molar-refractivity contribution in [3.8, 4) is 0 Å². The molecule has 1 saturated heterocycles. The molecule has 2 aromatic carbocycles. The molecule has 4 nitrogen and oxygen atoms in total. The molecule has 2 aromatic rings. The summed E-state index contributed by atoms with van der Waals surface area (Å²) in [5.41, 5.74) is 4.71.